The van der Waals surface area contributed by atoms with Crippen molar-refractivity contribution in [2.75, 3.05) is 32.1 Å². The normalized spacial score (nSPS) is 18.8. The van der Waals surface area contributed by atoms with E-state index in [1.807, 2.05) is 49.3 Å². The number of rotatable bonds is 4. The number of aliphatic hydroxyl groups excluding tert-OH is 1. The van der Waals surface area contributed by atoms with E-state index >= 15 is 0 Å². The summed E-state index contributed by atoms with van der Waals surface area (Å²) in [4.78, 5) is 15.9. The highest BCUT2D eigenvalue weighted by Gasteiger charge is 2.26. The van der Waals surface area contributed by atoms with Gasteiger partial charge in [-0.25, -0.2) is 0 Å². The predicted octanol–water partition coefficient (Wildman–Crippen LogP) is 1.75. The first-order chi connectivity index (χ1) is 9.61. The van der Waals surface area contributed by atoms with E-state index in [2.05, 4.69) is 0 Å². The minimum atomic E-state index is -0.0155. The molecule has 1 aliphatic rings. The molecule has 1 N–H and O–H groups in total. The Balaban J connectivity index is 2.00. The van der Waals surface area contributed by atoms with Gasteiger partial charge in [0, 0.05) is 32.4 Å². The van der Waals surface area contributed by atoms with Crippen LogP contribution in [0, 0.1) is 0 Å². The molecular weight excluding hydrogens is 252 g/mol. The molecule has 4 heteroatoms. The average Bonchev–Trinajstić information content (AvgIpc) is 2.93. The van der Waals surface area contributed by atoms with Gasteiger partial charge < -0.3 is 14.9 Å². The number of anilines is 1. The van der Waals surface area contributed by atoms with Crippen molar-refractivity contribution in [1.29, 1.82) is 0 Å². The third-order valence-corrected chi connectivity index (χ3v) is 3.70. The largest absolute Gasteiger partial charge is 0.394 e. The van der Waals surface area contributed by atoms with Gasteiger partial charge in [-0.2, -0.15) is 0 Å². The standard InChI is InChI=1S/C16H22N2O2/c1-17(2)14-8-5-13(6-9-14)7-10-16(20)18-11-3-4-15(18)12-19/h5-10,15,19H,3-4,11-12H2,1-2H3. The first-order valence-electron chi connectivity index (χ1n) is 6.98. The number of likely N-dealkylation sites (tertiary alicyclic amines) is 1. The van der Waals surface area contributed by atoms with Crippen molar-refractivity contribution in [2.45, 2.75) is 18.9 Å². The first kappa shape index (κ1) is 14.6. The molecule has 0 aromatic heterocycles. The van der Waals surface area contributed by atoms with Gasteiger partial charge in [0.2, 0.25) is 5.91 Å². The molecule has 1 saturated heterocycles. The lowest BCUT2D eigenvalue weighted by molar-refractivity contribution is -0.127. The van der Waals surface area contributed by atoms with E-state index in [4.69, 9.17) is 0 Å². The van der Waals surface area contributed by atoms with Gasteiger partial charge in [0.1, 0.15) is 0 Å². The van der Waals surface area contributed by atoms with Crippen molar-refractivity contribution in [3.8, 4) is 0 Å². The van der Waals surface area contributed by atoms with Crippen molar-refractivity contribution in [3.05, 3.63) is 35.9 Å². The van der Waals surface area contributed by atoms with Crippen molar-refractivity contribution >= 4 is 17.7 Å². The average molecular weight is 274 g/mol. The van der Waals surface area contributed by atoms with Crippen LogP contribution in [0.25, 0.3) is 6.08 Å². The Morgan fingerprint density at radius 3 is 2.70 bits per heavy atom. The van der Waals surface area contributed by atoms with E-state index in [1.165, 1.54) is 0 Å². The van der Waals surface area contributed by atoms with Crippen LogP contribution in [0.3, 0.4) is 0 Å². The fourth-order valence-corrected chi connectivity index (χ4v) is 2.46. The molecule has 1 aromatic carbocycles. The van der Waals surface area contributed by atoms with Gasteiger partial charge in [-0.3, -0.25) is 4.79 Å². The summed E-state index contributed by atoms with van der Waals surface area (Å²) in [6.07, 6.45) is 5.29. The van der Waals surface area contributed by atoms with Crippen LogP contribution >= 0.6 is 0 Å². The molecular formula is C16H22N2O2. The summed E-state index contributed by atoms with van der Waals surface area (Å²) in [6, 6.07) is 8.02. The smallest absolute Gasteiger partial charge is 0.246 e. The van der Waals surface area contributed by atoms with E-state index in [9.17, 15) is 9.90 Å². The van der Waals surface area contributed by atoms with Gasteiger partial charge in [-0.1, -0.05) is 12.1 Å². The zero-order chi connectivity index (χ0) is 14.5. The number of aliphatic hydroxyl groups is 1. The molecule has 0 bridgehead atoms. The molecule has 0 spiro atoms. The summed E-state index contributed by atoms with van der Waals surface area (Å²) in [7, 11) is 3.99. The molecule has 1 amide bonds. The van der Waals surface area contributed by atoms with Crippen molar-refractivity contribution in [1.82, 2.24) is 4.90 Å². The summed E-state index contributed by atoms with van der Waals surface area (Å²) >= 11 is 0. The van der Waals surface area contributed by atoms with E-state index in [0.717, 1.165) is 30.6 Å². The maximum Gasteiger partial charge on any atom is 0.246 e. The van der Waals surface area contributed by atoms with Crippen molar-refractivity contribution < 1.29 is 9.90 Å². The molecule has 0 aliphatic carbocycles. The molecule has 1 heterocycles. The third kappa shape index (κ3) is 3.39. The Morgan fingerprint density at radius 1 is 1.40 bits per heavy atom. The zero-order valence-corrected chi connectivity index (χ0v) is 12.1. The molecule has 4 nitrogen and oxygen atoms in total. The summed E-state index contributed by atoms with van der Waals surface area (Å²) in [5.74, 6) is -0.0155. The van der Waals surface area contributed by atoms with Gasteiger partial charge in [-0.05, 0) is 36.6 Å². The molecule has 1 fully saturated rings. The molecule has 1 atom stereocenters. The number of hydrogen-bond donors (Lipinski definition) is 1. The first-order valence-corrected chi connectivity index (χ1v) is 6.98. The molecule has 2 rings (SSSR count). The minimum Gasteiger partial charge on any atom is -0.394 e. The monoisotopic (exact) mass is 274 g/mol. The summed E-state index contributed by atoms with van der Waals surface area (Å²) in [6.45, 7) is 0.797. The molecule has 108 valence electrons. The molecule has 20 heavy (non-hydrogen) atoms. The number of amides is 1. The van der Waals surface area contributed by atoms with Gasteiger partial charge in [0.05, 0.1) is 12.6 Å². The summed E-state index contributed by atoms with van der Waals surface area (Å²) in [5.41, 5.74) is 2.14. The van der Waals surface area contributed by atoms with Crippen LogP contribution in [-0.4, -0.2) is 49.2 Å². The lowest BCUT2D eigenvalue weighted by Crippen LogP contribution is -2.36. The number of carbonyl (C=O) groups excluding carboxylic acids is 1. The highest BCUT2D eigenvalue weighted by molar-refractivity contribution is 5.92. The Morgan fingerprint density at radius 2 is 2.10 bits per heavy atom. The second-order valence-electron chi connectivity index (χ2n) is 5.33. The van der Waals surface area contributed by atoms with E-state index in [0.29, 0.717) is 0 Å². The summed E-state index contributed by atoms with van der Waals surface area (Å²) in [5, 5.41) is 9.23. The molecule has 1 aliphatic heterocycles. The predicted molar refractivity (Wildman–Crippen MR) is 81.6 cm³/mol. The van der Waals surface area contributed by atoms with Crippen LogP contribution in [0.5, 0.6) is 0 Å². The Labute approximate surface area is 120 Å². The van der Waals surface area contributed by atoms with Crippen LogP contribution in [0.2, 0.25) is 0 Å². The second-order valence-corrected chi connectivity index (χ2v) is 5.33. The number of hydrogen-bond acceptors (Lipinski definition) is 3. The van der Waals surface area contributed by atoms with Gasteiger partial charge in [-0.15, -0.1) is 0 Å². The molecule has 0 saturated carbocycles. The third-order valence-electron chi connectivity index (χ3n) is 3.70. The van der Waals surface area contributed by atoms with E-state index < -0.39 is 0 Å². The van der Waals surface area contributed by atoms with Crippen LogP contribution in [0.1, 0.15) is 18.4 Å². The quantitative estimate of drug-likeness (QED) is 0.851. The minimum absolute atomic E-state index is 0.0109. The fourth-order valence-electron chi connectivity index (χ4n) is 2.46. The Kier molecular flexibility index (Phi) is 4.79. The summed E-state index contributed by atoms with van der Waals surface area (Å²) < 4.78 is 0. The lowest BCUT2D eigenvalue weighted by Gasteiger charge is -2.21. The van der Waals surface area contributed by atoms with Crippen molar-refractivity contribution in [3.63, 3.8) is 0 Å². The fraction of sp³-hybridized carbons (Fsp3) is 0.438. The Bertz CT molecular complexity index is 480. The topological polar surface area (TPSA) is 43.8 Å². The van der Waals surface area contributed by atoms with Gasteiger partial charge in [0.15, 0.2) is 0 Å². The van der Waals surface area contributed by atoms with E-state index in [-0.39, 0.29) is 18.6 Å². The van der Waals surface area contributed by atoms with Crippen LogP contribution in [0.4, 0.5) is 5.69 Å². The SMILES string of the molecule is CN(C)c1ccc(C=CC(=O)N2CCCC2CO)cc1. The van der Waals surface area contributed by atoms with E-state index in [1.54, 1.807) is 11.0 Å². The van der Waals surface area contributed by atoms with Crippen LogP contribution < -0.4 is 4.90 Å². The van der Waals surface area contributed by atoms with Crippen molar-refractivity contribution in [2.24, 2.45) is 0 Å². The molecule has 0 radical (unpaired) electrons. The second kappa shape index (κ2) is 6.57. The number of nitrogens with zero attached hydrogens (tertiary/aromatic N) is 2. The molecule has 1 aromatic rings. The maximum atomic E-state index is 12.1. The zero-order valence-electron chi connectivity index (χ0n) is 12.1. The highest BCUT2D eigenvalue weighted by Crippen LogP contribution is 2.18. The maximum absolute atomic E-state index is 12.1. The van der Waals surface area contributed by atoms with Crippen LogP contribution in [-0.2, 0) is 4.79 Å². The molecule has 1 unspecified atom stereocenters. The number of benzene rings is 1. The van der Waals surface area contributed by atoms with Crippen LogP contribution in [0.15, 0.2) is 30.3 Å². The van der Waals surface area contributed by atoms with Gasteiger partial charge in [0.25, 0.3) is 0 Å². The number of carbonyl (C=O) groups is 1. The Hall–Kier alpha value is -1.81. The van der Waals surface area contributed by atoms with Gasteiger partial charge >= 0.3 is 0 Å². The lowest BCUT2D eigenvalue weighted by atomic mass is 10.2. The highest BCUT2D eigenvalue weighted by atomic mass is 16.3.